The van der Waals surface area contributed by atoms with E-state index >= 15 is 0 Å². The van der Waals surface area contributed by atoms with Gasteiger partial charge >= 0.3 is 6.09 Å². The summed E-state index contributed by atoms with van der Waals surface area (Å²) in [4.78, 5) is 51.8. The van der Waals surface area contributed by atoms with E-state index in [1.165, 1.54) is 14.0 Å². The average Bonchev–Trinajstić information content (AvgIpc) is 3.47. The molecule has 12 heteroatoms. The predicted octanol–water partition coefficient (Wildman–Crippen LogP) is 5.05. The maximum atomic E-state index is 14.2. The van der Waals surface area contributed by atoms with Crippen molar-refractivity contribution >= 4 is 29.5 Å². The molecule has 0 saturated heterocycles. The van der Waals surface area contributed by atoms with Gasteiger partial charge in [-0.25, -0.2) is 9.80 Å². The lowest BCUT2D eigenvalue weighted by molar-refractivity contribution is -0.143. The van der Waals surface area contributed by atoms with Crippen LogP contribution < -0.4 is 21.4 Å². The Labute approximate surface area is 322 Å². The molecular weight excluding hydrogens is 699 g/mol. The molecule has 1 aliphatic rings. The largest absolute Gasteiger partial charge is 0.453 e. The number of anilines is 1. The maximum absolute atomic E-state index is 14.2. The fraction of sp³-hybridized carbons (Fsp3) is 0.349. The third kappa shape index (κ3) is 10.8. The number of nitrogens with zero attached hydrogens (tertiary/aromatic N) is 1. The molecule has 0 bridgehead atoms. The lowest BCUT2D eigenvalue weighted by Gasteiger charge is -2.35. The van der Waals surface area contributed by atoms with E-state index in [9.17, 15) is 29.4 Å². The second-order valence-electron chi connectivity index (χ2n) is 15.2. The number of alkyl carbamates (subject to hydrolysis) is 1. The smallest absolute Gasteiger partial charge is 0.407 e. The van der Waals surface area contributed by atoms with Crippen LogP contribution in [0, 0.1) is 5.41 Å². The lowest BCUT2D eigenvalue weighted by Crippen LogP contribution is -2.58. The van der Waals surface area contributed by atoms with Gasteiger partial charge in [0, 0.05) is 45.0 Å². The fourth-order valence-electron chi connectivity index (χ4n) is 6.78. The van der Waals surface area contributed by atoms with Crippen LogP contribution in [-0.4, -0.2) is 70.4 Å². The number of benzene rings is 4. The normalized spacial score (nSPS) is 16.7. The SMILES string of the molecule is COC(=O)N[C@H](C(=O)NN(CC[C@@](O)(Cc1ccccc1)C(=O)N[C@H]1c2ccccc2C[C@H]1O)Cc1ccc(-c2ccc(NC(C)=O)cc2)cc1)C(C)(C)C. The number of aliphatic hydroxyl groups is 2. The summed E-state index contributed by atoms with van der Waals surface area (Å²) in [6, 6.07) is 30.2. The van der Waals surface area contributed by atoms with Crippen molar-refractivity contribution in [2.75, 3.05) is 19.0 Å². The van der Waals surface area contributed by atoms with E-state index in [0.29, 0.717) is 12.1 Å². The van der Waals surface area contributed by atoms with Gasteiger partial charge in [-0.1, -0.05) is 112 Å². The number of carbonyl (C=O) groups excluding carboxylic acids is 4. The number of rotatable bonds is 14. The predicted molar refractivity (Wildman–Crippen MR) is 210 cm³/mol. The van der Waals surface area contributed by atoms with Crippen LogP contribution in [0.4, 0.5) is 10.5 Å². The van der Waals surface area contributed by atoms with Crippen LogP contribution in [0.2, 0.25) is 0 Å². The van der Waals surface area contributed by atoms with Gasteiger partial charge in [0.2, 0.25) is 5.91 Å². The van der Waals surface area contributed by atoms with Gasteiger partial charge in [0.25, 0.3) is 11.8 Å². The van der Waals surface area contributed by atoms with Crippen LogP contribution in [-0.2, 0) is 38.5 Å². The number of aliphatic hydroxyl groups excluding tert-OH is 1. The summed E-state index contributed by atoms with van der Waals surface area (Å²) in [5.41, 5.74) is 6.18. The van der Waals surface area contributed by atoms with Crippen molar-refractivity contribution in [1.82, 2.24) is 21.1 Å². The van der Waals surface area contributed by atoms with Gasteiger partial charge in [-0.3, -0.25) is 19.8 Å². The van der Waals surface area contributed by atoms with Crippen LogP contribution in [0.3, 0.4) is 0 Å². The van der Waals surface area contributed by atoms with Crippen molar-refractivity contribution in [3.8, 4) is 11.1 Å². The molecule has 0 heterocycles. The summed E-state index contributed by atoms with van der Waals surface area (Å²) >= 11 is 0. The van der Waals surface area contributed by atoms with Crippen molar-refractivity contribution < 1.29 is 34.1 Å². The molecule has 4 aromatic rings. The van der Waals surface area contributed by atoms with Gasteiger partial charge in [-0.2, -0.15) is 0 Å². The number of methoxy groups -OCH3 is 1. The van der Waals surface area contributed by atoms with Crippen LogP contribution in [0.15, 0.2) is 103 Å². The molecule has 0 saturated carbocycles. The van der Waals surface area contributed by atoms with Gasteiger partial charge in [0.05, 0.1) is 19.3 Å². The van der Waals surface area contributed by atoms with E-state index in [1.807, 2.05) is 124 Å². The molecule has 4 atom stereocenters. The van der Waals surface area contributed by atoms with Crippen molar-refractivity contribution in [2.45, 2.75) is 77.3 Å². The summed E-state index contributed by atoms with van der Waals surface area (Å²) in [5.74, 6) is -1.30. The molecule has 0 spiro atoms. The van der Waals surface area contributed by atoms with Gasteiger partial charge < -0.3 is 30.9 Å². The zero-order chi connectivity index (χ0) is 39.8. The third-order valence-corrected chi connectivity index (χ3v) is 9.76. The number of hydrazine groups is 1. The van der Waals surface area contributed by atoms with Crippen molar-refractivity contribution in [3.63, 3.8) is 0 Å². The molecule has 5 rings (SSSR count). The lowest BCUT2D eigenvalue weighted by atomic mass is 9.86. The molecule has 0 radical (unpaired) electrons. The van der Waals surface area contributed by atoms with E-state index in [0.717, 1.165) is 33.4 Å². The van der Waals surface area contributed by atoms with Crippen LogP contribution in [0.5, 0.6) is 0 Å². The Kier molecular flexibility index (Phi) is 13.1. The van der Waals surface area contributed by atoms with Crippen LogP contribution in [0.1, 0.15) is 62.4 Å². The van der Waals surface area contributed by atoms with E-state index in [4.69, 9.17) is 4.74 Å². The molecule has 12 nitrogen and oxygen atoms in total. The molecule has 1 aliphatic carbocycles. The molecule has 0 unspecified atom stereocenters. The molecule has 0 aromatic heterocycles. The number of carbonyl (C=O) groups is 4. The van der Waals surface area contributed by atoms with Gasteiger partial charge in [-0.05, 0) is 50.9 Å². The Bertz CT molecular complexity index is 1950. The van der Waals surface area contributed by atoms with E-state index in [-0.39, 0.29) is 31.8 Å². The fourth-order valence-corrected chi connectivity index (χ4v) is 6.78. The zero-order valence-corrected chi connectivity index (χ0v) is 32.0. The molecule has 4 amide bonds. The summed E-state index contributed by atoms with van der Waals surface area (Å²) in [5, 5.41) is 33.1. The molecule has 4 aromatic carbocycles. The molecular formula is C43H51N5O7. The molecule has 6 N–H and O–H groups in total. The van der Waals surface area contributed by atoms with Crippen LogP contribution >= 0.6 is 0 Å². The average molecular weight is 750 g/mol. The van der Waals surface area contributed by atoms with Gasteiger partial charge in [0.15, 0.2) is 0 Å². The Balaban J connectivity index is 1.41. The first kappa shape index (κ1) is 40.6. The monoisotopic (exact) mass is 749 g/mol. The number of hydrogen-bond acceptors (Lipinski definition) is 8. The minimum absolute atomic E-state index is 0.0180. The Hall–Kier alpha value is -5.56. The Morgan fingerprint density at radius 1 is 0.855 bits per heavy atom. The maximum Gasteiger partial charge on any atom is 0.407 e. The summed E-state index contributed by atoms with van der Waals surface area (Å²) < 4.78 is 4.80. The number of hydrogen-bond donors (Lipinski definition) is 6. The topological polar surface area (TPSA) is 169 Å². The van der Waals surface area contributed by atoms with Crippen LogP contribution in [0.25, 0.3) is 11.1 Å². The van der Waals surface area contributed by atoms with Gasteiger partial charge in [-0.15, -0.1) is 0 Å². The van der Waals surface area contributed by atoms with E-state index < -0.39 is 47.1 Å². The molecule has 55 heavy (non-hydrogen) atoms. The first-order chi connectivity index (χ1) is 26.1. The molecule has 0 fully saturated rings. The number of fused-ring (bicyclic) bond motifs is 1. The standard InChI is InChI=1S/C43H51N5O7/c1-28(49)44-34-21-19-32(20-22-34)31-17-15-30(16-18-31)27-48(47-39(51)38(42(2,3)4)46-41(53)55-5)24-23-43(54,26-29-11-7-6-8-12-29)40(52)45-37-35-14-10-9-13-33(35)25-36(37)50/h6-22,36-38,50,54H,23-27H2,1-5H3,(H,44,49)(H,45,52)(H,46,53)(H,47,51)/t36-,37+,38-,43-/m1/s1. The number of amides is 4. The second-order valence-corrected chi connectivity index (χ2v) is 15.2. The first-order valence-corrected chi connectivity index (χ1v) is 18.4. The quantitative estimate of drug-likeness (QED) is 0.0974. The summed E-state index contributed by atoms with van der Waals surface area (Å²) in [6.07, 6.45) is -1.34. The highest BCUT2D eigenvalue weighted by Crippen LogP contribution is 2.32. The van der Waals surface area contributed by atoms with Crippen molar-refractivity contribution in [2.24, 2.45) is 5.41 Å². The highest BCUT2D eigenvalue weighted by Gasteiger charge is 2.41. The second kappa shape index (κ2) is 17.7. The zero-order valence-electron chi connectivity index (χ0n) is 32.0. The van der Waals surface area contributed by atoms with E-state index in [1.54, 1.807) is 5.01 Å². The first-order valence-electron chi connectivity index (χ1n) is 18.4. The molecule has 290 valence electrons. The third-order valence-electron chi connectivity index (χ3n) is 9.76. The van der Waals surface area contributed by atoms with E-state index in [2.05, 4.69) is 21.4 Å². The highest BCUT2D eigenvalue weighted by atomic mass is 16.5. The minimum Gasteiger partial charge on any atom is -0.453 e. The van der Waals surface area contributed by atoms with Crippen molar-refractivity contribution in [3.05, 3.63) is 125 Å². The summed E-state index contributed by atoms with van der Waals surface area (Å²) in [6.45, 7) is 7.14. The molecule has 0 aliphatic heterocycles. The van der Waals surface area contributed by atoms with Crippen molar-refractivity contribution in [1.29, 1.82) is 0 Å². The number of nitrogens with one attached hydrogen (secondary N) is 4. The number of ether oxygens (including phenoxy) is 1. The summed E-state index contributed by atoms with van der Waals surface area (Å²) in [7, 11) is 1.22. The Morgan fingerprint density at radius 3 is 2.09 bits per heavy atom. The Morgan fingerprint density at radius 2 is 1.47 bits per heavy atom. The minimum atomic E-state index is -1.94. The van der Waals surface area contributed by atoms with Gasteiger partial charge in [0.1, 0.15) is 11.6 Å². The highest BCUT2D eigenvalue weighted by molar-refractivity contribution is 5.89.